The van der Waals surface area contributed by atoms with Gasteiger partial charge in [-0.05, 0) is 25.2 Å². The van der Waals surface area contributed by atoms with Gasteiger partial charge in [-0.1, -0.05) is 13.8 Å². The summed E-state index contributed by atoms with van der Waals surface area (Å²) in [5, 5.41) is 9.38. The van der Waals surface area contributed by atoms with E-state index in [1.807, 2.05) is 18.7 Å². The topological polar surface area (TPSA) is 66.8 Å². The van der Waals surface area contributed by atoms with E-state index in [-0.39, 0.29) is 29.8 Å². The number of aliphatic carboxylic acids is 1. The van der Waals surface area contributed by atoms with Crippen molar-refractivity contribution in [3.63, 3.8) is 0 Å². The number of carboxylic acids is 1. The summed E-state index contributed by atoms with van der Waals surface area (Å²) >= 11 is 0. The number of piperidine rings is 1. The average Bonchev–Trinajstić information content (AvgIpc) is 2.30. The Morgan fingerprint density at radius 1 is 1.32 bits per heavy atom. The molecule has 0 aliphatic carbocycles. The van der Waals surface area contributed by atoms with Crippen LogP contribution in [-0.4, -0.2) is 47.2 Å². The van der Waals surface area contributed by atoms with Crippen molar-refractivity contribution in [3.8, 4) is 0 Å². The van der Waals surface area contributed by atoms with Crippen molar-refractivity contribution >= 4 is 11.9 Å². The molecule has 2 fully saturated rings. The third-order valence-electron chi connectivity index (χ3n) is 4.59. The number of nitrogens with zero attached hydrogens (tertiary/aromatic N) is 1. The second-order valence-corrected chi connectivity index (χ2v) is 6.00. The van der Waals surface area contributed by atoms with Crippen LogP contribution in [0.25, 0.3) is 0 Å². The molecule has 2 aliphatic rings. The molecule has 0 saturated carbocycles. The molecular formula is C14H23NO4. The third kappa shape index (κ3) is 2.61. The molecule has 5 unspecified atom stereocenters. The van der Waals surface area contributed by atoms with E-state index in [0.29, 0.717) is 19.6 Å². The van der Waals surface area contributed by atoms with Gasteiger partial charge in [0, 0.05) is 25.1 Å². The highest BCUT2D eigenvalue weighted by atomic mass is 16.5. The Morgan fingerprint density at radius 2 is 2.00 bits per heavy atom. The molecule has 0 spiro atoms. The minimum atomic E-state index is -0.794. The molecule has 5 nitrogen and oxygen atoms in total. The molecule has 108 valence electrons. The number of carboxylic acid groups (broad SMARTS) is 1. The summed E-state index contributed by atoms with van der Waals surface area (Å²) in [5.41, 5.74) is 0. The first-order valence-corrected chi connectivity index (χ1v) is 7.05. The Morgan fingerprint density at radius 3 is 2.58 bits per heavy atom. The number of likely N-dealkylation sites (tertiary alicyclic amines) is 1. The highest BCUT2D eigenvalue weighted by Crippen LogP contribution is 2.34. The highest BCUT2D eigenvalue weighted by molar-refractivity contribution is 5.82. The molecule has 0 aromatic rings. The van der Waals surface area contributed by atoms with Crippen LogP contribution in [0.1, 0.15) is 33.6 Å². The quantitative estimate of drug-likeness (QED) is 0.822. The Kier molecular flexibility index (Phi) is 4.13. The van der Waals surface area contributed by atoms with E-state index < -0.39 is 11.9 Å². The van der Waals surface area contributed by atoms with Gasteiger partial charge in [0.15, 0.2) is 0 Å². The van der Waals surface area contributed by atoms with Crippen molar-refractivity contribution in [3.05, 3.63) is 0 Å². The first-order valence-electron chi connectivity index (χ1n) is 7.05. The molecule has 0 aromatic heterocycles. The van der Waals surface area contributed by atoms with Gasteiger partial charge in [-0.25, -0.2) is 0 Å². The van der Waals surface area contributed by atoms with Gasteiger partial charge in [0.05, 0.1) is 12.5 Å². The van der Waals surface area contributed by atoms with Crippen LogP contribution in [0, 0.1) is 17.8 Å². The zero-order chi connectivity index (χ0) is 14.2. The van der Waals surface area contributed by atoms with E-state index in [1.54, 1.807) is 0 Å². The molecule has 19 heavy (non-hydrogen) atoms. The van der Waals surface area contributed by atoms with Crippen LogP contribution in [0.5, 0.6) is 0 Å². The normalized spacial score (nSPS) is 40.3. The van der Waals surface area contributed by atoms with Crippen molar-refractivity contribution in [2.75, 3.05) is 13.2 Å². The highest BCUT2D eigenvalue weighted by Gasteiger charge is 2.45. The second-order valence-electron chi connectivity index (χ2n) is 6.00. The van der Waals surface area contributed by atoms with Crippen molar-refractivity contribution in [1.29, 1.82) is 0 Å². The zero-order valence-electron chi connectivity index (χ0n) is 11.8. The largest absolute Gasteiger partial charge is 0.481 e. The first kappa shape index (κ1) is 14.3. The van der Waals surface area contributed by atoms with Crippen LogP contribution in [0.15, 0.2) is 0 Å². The monoisotopic (exact) mass is 269 g/mol. The van der Waals surface area contributed by atoms with Crippen molar-refractivity contribution in [2.45, 2.75) is 45.7 Å². The minimum absolute atomic E-state index is 0.0913. The summed E-state index contributed by atoms with van der Waals surface area (Å²) in [6.45, 7) is 7.09. The molecule has 1 N–H and O–H groups in total. The summed E-state index contributed by atoms with van der Waals surface area (Å²) in [6.07, 6.45) is 1.14. The SMILES string of the molecule is CC1CC(=O)N(C2CCOCC2C)C(C)C1C(=O)O. The lowest BCUT2D eigenvalue weighted by molar-refractivity contribution is -0.160. The fourth-order valence-electron chi connectivity index (χ4n) is 3.60. The minimum Gasteiger partial charge on any atom is -0.481 e. The molecule has 5 heteroatoms. The van der Waals surface area contributed by atoms with Crippen LogP contribution < -0.4 is 0 Å². The molecule has 2 saturated heterocycles. The van der Waals surface area contributed by atoms with Crippen LogP contribution in [0.2, 0.25) is 0 Å². The smallest absolute Gasteiger partial charge is 0.308 e. The second kappa shape index (κ2) is 5.49. The van der Waals surface area contributed by atoms with E-state index in [0.717, 1.165) is 6.42 Å². The molecule has 0 aromatic carbocycles. The van der Waals surface area contributed by atoms with Crippen LogP contribution in [0.3, 0.4) is 0 Å². The third-order valence-corrected chi connectivity index (χ3v) is 4.59. The maximum atomic E-state index is 12.3. The van der Waals surface area contributed by atoms with Gasteiger partial charge in [-0.15, -0.1) is 0 Å². The molecule has 2 aliphatic heterocycles. The van der Waals surface area contributed by atoms with Crippen molar-refractivity contribution < 1.29 is 19.4 Å². The van der Waals surface area contributed by atoms with Crippen LogP contribution >= 0.6 is 0 Å². The predicted molar refractivity (Wildman–Crippen MR) is 69.6 cm³/mol. The molecule has 1 amide bonds. The van der Waals surface area contributed by atoms with E-state index in [9.17, 15) is 14.7 Å². The summed E-state index contributed by atoms with van der Waals surface area (Å²) in [6, 6.07) is -0.120. The lowest BCUT2D eigenvalue weighted by atomic mass is 9.79. The lowest BCUT2D eigenvalue weighted by Crippen LogP contribution is -2.59. The van der Waals surface area contributed by atoms with Gasteiger partial charge in [-0.2, -0.15) is 0 Å². The number of rotatable bonds is 2. The van der Waals surface area contributed by atoms with Crippen LogP contribution in [-0.2, 0) is 14.3 Å². The number of ether oxygens (including phenoxy) is 1. The Bertz CT molecular complexity index is 370. The molecule has 5 atom stereocenters. The number of carbonyl (C=O) groups excluding carboxylic acids is 1. The van der Waals surface area contributed by atoms with Gasteiger partial charge >= 0.3 is 5.97 Å². The molecule has 0 bridgehead atoms. The van der Waals surface area contributed by atoms with Gasteiger partial charge in [-0.3, -0.25) is 9.59 Å². The molecule has 2 heterocycles. The molecular weight excluding hydrogens is 246 g/mol. The number of amides is 1. The van der Waals surface area contributed by atoms with E-state index in [1.165, 1.54) is 0 Å². The van der Waals surface area contributed by atoms with Crippen LogP contribution in [0.4, 0.5) is 0 Å². The lowest BCUT2D eigenvalue weighted by Gasteiger charge is -2.47. The standard InChI is InChI=1S/C14H23NO4/c1-8-6-12(16)15(10(3)13(8)14(17)18)11-4-5-19-7-9(11)2/h8-11,13H,4-7H2,1-3H3,(H,17,18). The maximum Gasteiger partial charge on any atom is 0.308 e. The number of carbonyl (C=O) groups is 2. The van der Waals surface area contributed by atoms with Gasteiger partial charge in [0.25, 0.3) is 0 Å². The fourth-order valence-corrected chi connectivity index (χ4v) is 3.60. The predicted octanol–water partition coefficient (Wildman–Crippen LogP) is 1.37. The summed E-state index contributed by atoms with van der Waals surface area (Å²) < 4.78 is 5.41. The first-order chi connectivity index (χ1) is 8.93. The summed E-state index contributed by atoms with van der Waals surface area (Å²) in [4.78, 5) is 25.6. The van der Waals surface area contributed by atoms with Gasteiger partial charge < -0.3 is 14.7 Å². The number of hydrogen-bond donors (Lipinski definition) is 1. The zero-order valence-corrected chi connectivity index (χ0v) is 11.8. The Balaban J connectivity index is 2.22. The van der Waals surface area contributed by atoms with E-state index in [2.05, 4.69) is 6.92 Å². The summed E-state index contributed by atoms with van der Waals surface area (Å²) in [7, 11) is 0. The van der Waals surface area contributed by atoms with Gasteiger partial charge in [0.1, 0.15) is 0 Å². The van der Waals surface area contributed by atoms with Crippen molar-refractivity contribution in [1.82, 2.24) is 4.90 Å². The summed E-state index contributed by atoms with van der Waals surface area (Å²) in [5.74, 6) is -0.990. The molecule has 0 radical (unpaired) electrons. The van der Waals surface area contributed by atoms with E-state index in [4.69, 9.17) is 4.74 Å². The van der Waals surface area contributed by atoms with Gasteiger partial charge in [0.2, 0.25) is 5.91 Å². The Labute approximate surface area is 113 Å². The van der Waals surface area contributed by atoms with Crippen molar-refractivity contribution in [2.24, 2.45) is 17.8 Å². The molecule has 2 rings (SSSR count). The van der Waals surface area contributed by atoms with E-state index >= 15 is 0 Å². The Hall–Kier alpha value is -1.10. The fraction of sp³-hybridized carbons (Fsp3) is 0.857. The average molecular weight is 269 g/mol. The maximum absolute atomic E-state index is 12.3. The number of hydrogen-bond acceptors (Lipinski definition) is 3.